The molecule has 2 heterocycles. The third-order valence-corrected chi connectivity index (χ3v) is 6.88. The summed E-state index contributed by atoms with van der Waals surface area (Å²) < 4.78 is 25.5. The van der Waals surface area contributed by atoms with Crippen LogP contribution in [0.3, 0.4) is 0 Å². The number of ether oxygens (including phenoxy) is 4. The predicted molar refractivity (Wildman–Crippen MR) is 141 cm³/mol. The number of aromatic nitrogens is 2. The second-order valence-electron chi connectivity index (χ2n) is 9.09. The van der Waals surface area contributed by atoms with Gasteiger partial charge >= 0.3 is 0 Å². The van der Waals surface area contributed by atoms with Crippen molar-refractivity contribution in [1.29, 1.82) is 0 Å². The van der Waals surface area contributed by atoms with Crippen LogP contribution in [0.5, 0.6) is 11.5 Å². The normalized spacial score (nSPS) is 19.3. The van der Waals surface area contributed by atoms with Gasteiger partial charge in [-0.15, -0.1) is 0 Å². The molecule has 8 nitrogen and oxygen atoms in total. The van der Waals surface area contributed by atoms with Gasteiger partial charge in [-0.3, -0.25) is 4.79 Å². The van der Waals surface area contributed by atoms with Crippen LogP contribution in [0.1, 0.15) is 29.3 Å². The fourth-order valence-corrected chi connectivity index (χ4v) is 4.86. The molecule has 1 aromatic heterocycles. The van der Waals surface area contributed by atoms with Crippen molar-refractivity contribution >= 4 is 0 Å². The number of rotatable bonds is 9. The Morgan fingerprint density at radius 3 is 2.00 bits per heavy atom. The third kappa shape index (κ3) is 5.06. The molecule has 8 heteroatoms. The summed E-state index contributed by atoms with van der Waals surface area (Å²) in [6.07, 6.45) is 1.56. The lowest BCUT2D eigenvalue weighted by Gasteiger charge is -2.37. The van der Waals surface area contributed by atoms with Crippen LogP contribution in [-0.2, 0) is 15.1 Å². The lowest BCUT2D eigenvalue weighted by Crippen LogP contribution is -2.38. The van der Waals surface area contributed by atoms with Crippen molar-refractivity contribution in [3.63, 3.8) is 0 Å². The monoisotopic (exact) mass is 514 g/mol. The average Bonchev–Trinajstić information content (AvgIpc) is 3.35. The van der Waals surface area contributed by atoms with Gasteiger partial charge in [0.15, 0.2) is 0 Å². The van der Waals surface area contributed by atoms with E-state index in [9.17, 15) is 9.90 Å². The molecule has 0 amide bonds. The van der Waals surface area contributed by atoms with Crippen LogP contribution in [0.25, 0.3) is 0 Å². The number of benzene rings is 3. The predicted octanol–water partition coefficient (Wildman–Crippen LogP) is 3.92. The van der Waals surface area contributed by atoms with Crippen LogP contribution in [0.15, 0.2) is 102 Å². The van der Waals surface area contributed by atoms with Crippen molar-refractivity contribution in [1.82, 2.24) is 9.55 Å². The minimum atomic E-state index is -1.01. The summed E-state index contributed by atoms with van der Waals surface area (Å²) in [4.78, 5) is 15.2. The highest BCUT2D eigenvalue weighted by atomic mass is 16.6. The van der Waals surface area contributed by atoms with Crippen LogP contribution in [0.2, 0.25) is 0 Å². The zero-order valence-corrected chi connectivity index (χ0v) is 21.3. The molecule has 196 valence electrons. The van der Waals surface area contributed by atoms with E-state index >= 15 is 0 Å². The highest BCUT2D eigenvalue weighted by Gasteiger charge is 2.41. The largest absolute Gasteiger partial charge is 0.497 e. The number of nitrogens with zero attached hydrogens (tertiary/aromatic N) is 2. The molecule has 5 rings (SSSR count). The molecule has 0 bridgehead atoms. The molecular formula is C30H30N2O6. The summed E-state index contributed by atoms with van der Waals surface area (Å²) in [6, 6.07) is 26.9. The van der Waals surface area contributed by atoms with Gasteiger partial charge in [-0.25, -0.2) is 0 Å². The third-order valence-electron chi connectivity index (χ3n) is 6.88. The van der Waals surface area contributed by atoms with Gasteiger partial charge in [-0.05, 0) is 41.0 Å². The van der Waals surface area contributed by atoms with Gasteiger partial charge in [0.1, 0.15) is 35.8 Å². The fourth-order valence-electron chi connectivity index (χ4n) is 4.86. The van der Waals surface area contributed by atoms with Crippen molar-refractivity contribution in [2.24, 2.45) is 0 Å². The SMILES string of the molecule is COc1ccc(C(OC[C@H]2O[C@@H](n3ccc(=O)nc3)C[C@H]2O)(c2ccccc2)c2ccc(OC)cc2)cc1. The Hall–Kier alpha value is -3.98. The number of aliphatic hydroxyl groups is 1. The second kappa shape index (κ2) is 11.2. The summed E-state index contributed by atoms with van der Waals surface area (Å²) in [5.41, 5.74) is 1.36. The van der Waals surface area contributed by atoms with Crippen LogP contribution < -0.4 is 15.0 Å². The maximum absolute atomic E-state index is 11.4. The Morgan fingerprint density at radius 2 is 1.47 bits per heavy atom. The maximum Gasteiger partial charge on any atom is 0.272 e. The second-order valence-corrected chi connectivity index (χ2v) is 9.09. The van der Waals surface area contributed by atoms with Gasteiger partial charge in [-0.1, -0.05) is 54.6 Å². The number of methoxy groups -OCH3 is 2. The van der Waals surface area contributed by atoms with E-state index in [4.69, 9.17) is 18.9 Å². The molecule has 1 aliphatic heterocycles. The molecule has 0 spiro atoms. The van der Waals surface area contributed by atoms with E-state index in [0.29, 0.717) is 6.42 Å². The van der Waals surface area contributed by atoms with Crippen molar-refractivity contribution in [3.8, 4) is 11.5 Å². The van der Waals surface area contributed by atoms with Crippen molar-refractivity contribution in [2.45, 2.75) is 30.5 Å². The smallest absolute Gasteiger partial charge is 0.272 e. The Morgan fingerprint density at radius 1 is 0.895 bits per heavy atom. The first kappa shape index (κ1) is 25.7. The number of hydrogen-bond donors (Lipinski definition) is 1. The first-order chi connectivity index (χ1) is 18.5. The Labute approximate surface area is 221 Å². The van der Waals surface area contributed by atoms with E-state index in [2.05, 4.69) is 4.98 Å². The van der Waals surface area contributed by atoms with E-state index < -0.39 is 24.0 Å². The lowest BCUT2D eigenvalue weighted by atomic mass is 9.80. The van der Waals surface area contributed by atoms with Gasteiger partial charge < -0.3 is 28.6 Å². The highest BCUT2D eigenvalue weighted by Crippen LogP contribution is 2.42. The zero-order chi connectivity index (χ0) is 26.5. The molecule has 1 saturated heterocycles. The molecule has 38 heavy (non-hydrogen) atoms. The molecule has 1 aliphatic rings. The van der Waals surface area contributed by atoms with E-state index in [1.165, 1.54) is 12.4 Å². The minimum absolute atomic E-state index is 0.109. The molecule has 0 unspecified atom stereocenters. The van der Waals surface area contributed by atoms with E-state index in [1.807, 2.05) is 78.9 Å². The van der Waals surface area contributed by atoms with Gasteiger partial charge in [-0.2, -0.15) is 4.98 Å². The first-order valence-electron chi connectivity index (χ1n) is 12.4. The van der Waals surface area contributed by atoms with Crippen LogP contribution in [0, 0.1) is 0 Å². The first-order valence-corrected chi connectivity index (χ1v) is 12.4. The summed E-state index contributed by atoms with van der Waals surface area (Å²) in [7, 11) is 3.26. The minimum Gasteiger partial charge on any atom is -0.497 e. The average molecular weight is 515 g/mol. The zero-order valence-electron chi connectivity index (χ0n) is 21.3. The molecule has 1 N–H and O–H groups in total. The van der Waals surface area contributed by atoms with Crippen LogP contribution in [0.4, 0.5) is 0 Å². The quantitative estimate of drug-likeness (QED) is 0.339. The standard InChI is InChI=1S/C30H30N2O6/c1-35-24-12-8-22(9-13-24)30(21-6-4-3-5-7-21,23-10-14-25(36-2)15-11-23)37-19-27-26(33)18-29(38-27)32-17-16-28(34)31-20-32/h3-17,20,26-27,29,33H,18-19H2,1-2H3/t26-,27-,29-/m1/s1. The van der Waals surface area contributed by atoms with Crippen molar-refractivity contribution in [2.75, 3.05) is 20.8 Å². The number of hydrogen-bond acceptors (Lipinski definition) is 7. The van der Waals surface area contributed by atoms with Gasteiger partial charge in [0, 0.05) is 18.7 Å². The molecule has 0 saturated carbocycles. The van der Waals surface area contributed by atoms with Crippen LogP contribution in [-0.4, -0.2) is 47.7 Å². The highest BCUT2D eigenvalue weighted by molar-refractivity contribution is 5.49. The lowest BCUT2D eigenvalue weighted by molar-refractivity contribution is -0.0939. The summed E-state index contributed by atoms with van der Waals surface area (Å²) in [5, 5.41) is 10.9. The Balaban J connectivity index is 1.53. The topological polar surface area (TPSA) is 92.0 Å². The molecule has 4 aromatic rings. The van der Waals surface area contributed by atoms with Crippen molar-refractivity contribution in [3.05, 3.63) is 124 Å². The molecule has 1 fully saturated rings. The molecule has 0 aliphatic carbocycles. The Bertz CT molecular complexity index is 1320. The van der Waals surface area contributed by atoms with E-state index in [1.54, 1.807) is 25.0 Å². The van der Waals surface area contributed by atoms with Gasteiger partial charge in [0.2, 0.25) is 0 Å². The molecule has 3 aromatic carbocycles. The number of aliphatic hydroxyl groups excluding tert-OH is 1. The molecule has 3 atom stereocenters. The Kier molecular flexibility index (Phi) is 7.55. The van der Waals surface area contributed by atoms with E-state index in [0.717, 1.165) is 28.2 Å². The summed E-state index contributed by atoms with van der Waals surface area (Å²) in [5.74, 6) is 1.47. The van der Waals surface area contributed by atoms with Crippen molar-refractivity contribution < 1.29 is 24.1 Å². The van der Waals surface area contributed by atoms with E-state index in [-0.39, 0.29) is 12.2 Å². The summed E-state index contributed by atoms with van der Waals surface area (Å²) >= 11 is 0. The molecule has 0 radical (unpaired) electrons. The van der Waals surface area contributed by atoms with Crippen LogP contribution >= 0.6 is 0 Å². The maximum atomic E-state index is 11.4. The van der Waals surface area contributed by atoms with Gasteiger partial charge in [0.05, 0.1) is 26.9 Å². The fraction of sp³-hybridized carbons (Fsp3) is 0.267. The summed E-state index contributed by atoms with van der Waals surface area (Å²) in [6.45, 7) is 0.109. The molecular weight excluding hydrogens is 484 g/mol. The van der Waals surface area contributed by atoms with Gasteiger partial charge in [0.25, 0.3) is 5.56 Å².